The zero-order chi connectivity index (χ0) is 12.3. The Morgan fingerprint density at radius 3 is 2.44 bits per heavy atom. The van der Waals surface area contributed by atoms with Crippen LogP contribution in [0.5, 0.6) is 5.75 Å². The molecule has 0 atom stereocenters. The second kappa shape index (κ2) is 4.96. The molecular formula is C12H16FNO2. The monoisotopic (exact) mass is 225 g/mol. The first-order valence-corrected chi connectivity index (χ1v) is 5.29. The van der Waals surface area contributed by atoms with Gasteiger partial charge in [-0.2, -0.15) is 0 Å². The molecule has 0 heterocycles. The first-order chi connectivity index (χ1) is 7.51. The molecule has 16 heavy (non-hydrogen) atoms. The Labute approximate surface area is 94.5 Å². The Morgan fingerprint density at radius 2 is 1.94 bits per heavy atom. The standard InChI is InChI=1S/C12H16FNO2/c1-4-14(5-2)12(16)9-6-8(3)11(15)7-10(9)13/h6-7,15H,4-5H2,1-3H3. The molecule has 0 fully saturated rings. The van der Waals surface area contributed by atoms with Crippen LogP contribution in [0.4, 0.5) is 4.39 Å². The first kappa shape index (κ1) is 12.5. The molecule has 0 aromatic heterocycles. The molecule has 0 saturated carbocycles. The van der Waals surface area contributed by atoms with Gasteiger partial charge in [-0.05, 0) is 32.4 Å². The number of aryl methyl sites for hydroxylation is 1. The number of amides is 1. The summed E-state index contributed by atoms with van der Waals surface area (Å²) in [4.78, 5) is 13.4. The molecule has 0 unspecified atom stereocenters. The number of benzene rings is 1. The summed E-state index contributed by atoms with van der Waals surface area (Å²) in [6.07, 6.45) is 0. The molecule has 1 aromatic rings. The van der Waals surface area contributed by atoms with Gasteiger partial charge in [0.15, 0.2) is 0 Å². The van der Waals surface area contributed by atoms with Crippen LogP contribution in [0.25, 0.3) is 0 Å². The van der Waals surface area contributed by atoms with E-state index in [4.69, 9.17) is 0 Å². The summed E-state index contributed by atoms with van der Waals surface area (Å²) in [6.45, 7) is 6.39. The summed E-state index contributed by atoms with van der Waals surface area (Å²) in [5.74, 6) is -1.15. The van der Waals surface area contributed by atoms with Gasteiger partial charge in [0, 0.05) is 19.2 Å². The molecule has 0 radical (unpaired) electrons. The molecular weight excluding hydrogens is 209 g/mol. The van der Waals surface area contributed by atoms with Gasteiger partial charge < -0.3 is 10.0 Å². The fraction of sp³-hybridized carbons (Fsp3) is 0.417. The fourth-order valence-corrected chi connectivity index (χ4v) is 1.52. The van der Waals surface area contributed by atoms with Crippen LogP contribution in [0, 0.1) is 12.7 Å². The molecule has 0 spiro atoms. The van der Waals surface area contributed by atoms with Gasteiger partial charge >= 0.3 is 0 Å². The number of halogens is 1. The van der Waals surface area contributed by atoms with Crippen molar-refractivity contribution in [1.82, 2.24) is 4.90 Å². The molecule has 0 aliphatic carbocycles. The van der Waals surface area contributed by atoms with E-state index < -0.39 is 5.82 Å². The molecule has 0 aliphatic heterocycles. The van der Waals surface area contributed by atoms with Crippen LogP contribution in [-0.4, -0.2) is 29.0 Å². The first-order valence-electron chi connectivity index (χ1n) is 5.29. The van der Waals surface area contributed by atoms with Crippen molar-refractivity contribution < 1.29 is 14.3 Å². The Kier molecular flexibility index (Phi) is 3.88. The van der Waals surface area contributed by atoms with Crippen LogP contribution in [0.3, 0.4) is 0 Å². The third-order valence-electron chi connectivity index (χ3n) is 2.57. The van der Waals surface area contributed by atoms with Gasteiger partial charge in [0.05, 0.1) is 5.56 Å². The number of phenols is 1. The fourth-order valence-electron chi connectivity index (χ4n) is 1.52. The van der Waals surface area contributed by atoms with Gasteiger partial charge in [0.2, 0.25) is 0 Å². The maximum Gasteiger partial charge on any atom is 0.256 e. The van der Waals surface area contributed by atoms with Crippen molar-refractivity contribution in [2.75, 3.05) is 13.1 Å². The van der Waals surface area contributed by atoms with Crippen LogP contribution in [-0.2, 0) is 0 Å². The van der Waals surface area contributed by atoms with Crippen molar-refractivity contribution in [1.29, 1.82) is 0 Å². The summed E-state index contributed by atoms with van der Waals surface area (Å²) in [6, 6.07) is 2.36. The molecule has 88 valence electrons. The maximum absolute atomic E-state index is 13.5. The largest absolute Gasteiger partial charge is 0.508 e. The minimum atomic E-state index is -0.681. The van der Waals surface area contributed by atoms with E-state index in [0.717, 1.165) is 6.07 Å². The maximum atomic E-state index is 13.5. The van der Waals surface area contributed by atoms with Gasteiger partial charge in [0.25, 0.3) is 5.91 Å². The number of nitrogens with zero attached hydrogens (tertiary/aromatic N) is 1. The SMILES string of the molecule is CCN(CC)C(=O)c1cc(C)c(O)cc1F. The van der Waals surface area contributed by atoms with E-state index in [1.165, 1.54) is 11.0 Å². The highest BCUT2D eigenvalue weighted by Gasteiger charge is 2.18. The Balaban J connectivity index is 3.13. The Hall–Kier alpha value is -1.58. The third kappa shape index (κ3) is 2.32. The topological polar surface area (TPSA) is 40.5 Å². The number of carbonyl (C=O) groups is 1. The molecule has 1 aromatic carbocycles. The molecule has 1 rings (SSSR count). The molecule has 0 aliphatic rings. The normalized spacial score (nSPS) is 10.2. The number of carbonyl (C=O) groups excluding carboxylic acids is 1. The minimum Gasteiger partial charge on any atom is -0.508 e. The number of hydrogen-bond acceptors (Lipinski definition) is 2. The highest BCUT2D eigenvalue weighted by Crippen LogP contribution is 2.21. The van der Waals surface area contributed by atoms with Gasteiger partial charge in [-0.15, -0.1) is 0 Å². The van der Waals surface area contributed by atoms with Crippen LogP contribution in [0.2, 0.25) is 0 Å². The second-order valence-electron chi connectivity index (χ2n) is 3.60. The van der Waals surface area contributed by atoms with Gasteiger partial charge in [-0.25, -0.2) is 4.39 Å². The zero-order valence-electron chi connectivity index (χ0n) is 9.75. The summed E-state index contributed by atoms with van der Waals surface area (Å²) < 4.78 is 13.5. The summed E-state index contributed by atoms with van der Waals surface area (Å²) >= 11 is 0. The van der Waals surface area contributed by atoms with E-state index >= 15 is 0 Å². The van der Waals surface area contributed by atoms with E-state index in [0.29, 0.717) is 18.7 Å². The van der Waals surface area contributed by atoms with Crippen molar-refractivity contribution in [3.8, 4) is 5.75 Å². The lowest BCUT2D eigenvalue weighted by molar-refractivity contribution is 0.0768. The molecule has 1 N–H and O–H groups in total. The number of rotatable bonds is 3. The minimum absolute atomic E-state index is 0.0130. The summed E-state index contributed by atoms with van der Waals surface area (Å²) in [5.41, 5.74) is 0.510. The molecule has 3 nitrogen and oxygen atoms in total. The number of hydrogen-bond donors (Lipinski definition) is 1. The average molecular weight is 225 g/mol. The van der Waals surface area contributed by atoms with Crippen molar-refractivity contribution in [2.45, 2.75) is 20.8 Å². The third-order valence-corrected chi connectivity index (χ3v) is 2.57. The van der Waals surface area contributed by atoms with Crippen LogP contribution >= 0.6 is 0 Å². The van der Waals surface area contributed by atoms with E-state index in [-0.39, 0.29) is 17.2 Å². The quantitative estimate of drug-likeness (QED) is 0.857. The van der Waals surface area contributed by atoms with Crippen LogP contribution in [0.15, 0.2) is 12.1 Å². The number of phenolic OH excluding ortho intramolecular Hbond substituents is 1. The lowest BCUT2D eigenvalue weighted by atomic mass is 10.1. The Morgan fingerprint density at radius 1 is 1.38 bits per heavy atom. The lowest BCUT2D eigenvalue weighted by Crippen LogP contribution is -2.31. The molecule has 1 amide bonds. The van der Waals surface area contributed by atoms with E-state index in [1.807, 2.05) is 13.8 Å². The second-order valence-corrected chi connectivity index (χ2v) is 3.60. The van der Waals surface area contributed by atoms with Crippen molar-refractivity contribution >= 4 is 5.91 Å². The molecule has 0 saturated heterocycles. The average Bonchev–Trinajstić information content (AvgIpc) is 2.25. The highest BCUT2D eigenvalue weighted by molar-refractivity contribution is 5.94. The zero-order valence-corrected chi connectivity index (χ0v) is 9.75. The van der Waals surface area contributed by atoms with Crippen molar-refractivity contribution in [3.63, 3.8) is 0 Å². The van der Waals surface area contributed by atoms with Crippen molar-refractivity contribution in [2.24, 2.45) is 0 Å². The van der Waals surface area contributed by atoms with Crippen molar-refractivity contribution in [3.05, 3.63) is 29.1 Å². The Bertz CT molecular complexity index is 400. The summed E-state index contributed by atoms with van der Waals surface area (Å²) in [7, 11) is 0. The van der Waals surface area contributed by atoms with Crippen LogP contribution in [0.1, 0.15) is 29.8 Å². The smallest absolute Gasteiger partial charge is 0.256 e. The highest BCUT2D eigenvalue weighted by atomic mass is 19.1. The van der Waals surface area contributed by atoms with E-state index in [9.17, 15) is 14.3 Å². The van der Waals surface area contributed by atoms with E-state index in [2.05, 4.69) is 0 Å². The lowest BCUT2D eigenvalue weighted by Gasteiger charge is -2.19. The predicted octanol–water partition coefficient (Wildman–Crippen LogP) is 2.32. The van der Waals surface area contributed by atoms with Gasteiger partial charge in [-0.1, -0.05) is 0 Å². The van der Waals surface area contributed by atoms with Gasteiger partial charge in [0.1, 0.15) is 11.6 Å². The van der Waals surface area contributed by atoms with Gasteiger partial charge in [-0.3, -0.25) is 4.79 Å². The summed E-state index contributed by atoms with van der Waals surface area (Å²) in [5, 5.41) is 9.29. The van der Waals surface area contributed by atoms with E-state index in [1.54, 1.807) is 6.92 Å². The predicted molar refractivity (Wildman–Crippen MR) is 60.1 cm³/mol. The molecule has 4 heteroatoms. The van der Waals surface area contributed by atoms with Crippen LogP contribution < -0.4 is 0 Å². The molecule has 0 bridgehead atoms. The number of aromatic hydroxyl groups is 1.